The molecule has 0 fully saturated rings. The monoisotopic (exact) mass is 245 g/mol. The Morgan fingerprint density at radius 3 is 2.88 bits per heavy atom. The summed E-state index contributed by atoms with van der Waals surface area (Å²) in [6.07, 6.45) is 3.17. The number of hydrogen-bond donors (Lipinski definition) is 1. The molecule has 2 aromatic heterocycles. The molecular formula is C12H8ClN3O. The van der Waals surface area contributed by atoms with E-state index in [0.29, 0.717) is 16.1 Å². The number of nitrogens with one attached hydrogen (secondary N) is 1. The molecule has 0 aliphatic rings. The molecule has 0 atom stereocenters. The first-order valence-corrected chi connectivity index (χ1v) is 5.45. The van der Waals surface area contributed by atoms with Crippen LogP contribution in [0.25, 0.3) is 16.7 Å². The molecule has 0 unspecified atom stereocenters. The van der Waals surface area contributed by atoms with Gasteiger partial charge in [0.15, 0.2) is 5.65 Å². The van der Waals surface area contributed by atoms with Crippen molar-refractivity contribution < 1.29 is 0 Å². The lowest BCUT2D eigenvalue weighted by atomic mass is 10.3. The molecule has 2 heterocycles. The molecular weight excluding hydrogens is 238 g/mol. The van der Waals surface area contributed by atoms with Gasteiger partial charge in [0, 0.05) is 6.20 Å². The SMILES string of the molecule is O=c1[nH]cnc2c1ccn2-c1ccccc1Cl. The van der Waals surface area contributed by atoms with Gasteiger partial charge in [0.2, 0.25) is 0 Å². The zero-order chi connectivity index (χ0) is 11.8. The van der Waals surface area contributed by atoms with Crippen LogP contribution >= 0.6 is 11.6 Å². The number of nitrogens with zero attached hydrogens (tertiary/aromatic N) is 2. The topological polar surface area (TPSA) is 50.7 Å². The van der Waals surface area contributed by atoms with Crippen LogP contribution in [0.1, 0.15) is 0 Å². The fourth-order valence-electron chi connectivity index (χ4n) is 1.80. The van der Waals surface area contributed by atoms with Gasteiger partial charge >= 0.3 is 0 Å². The molecule has 0 bridgehead atoms. The third-order valence-electron chi connectivity index (χ3n) is 2.60. The summed E-state index contributed by atoms with van der Waals surface area (Å²) in [5, 5.41) is 1.17. The van der Waals surface area contributed by atoms with Crippen LogP contribution in [0.2, 0.25) is 5.02 Å². The van der Waals surface area contributed by atoms with Crippen LogP contribution in [-0.2, 0) is 0 Å². The van der Waals surface area contributed by atoms with E-state index < -0.39 is 0 Å². The summed E-state index contributed by atoms with van der Waals surface area (Å²) in [6, 6.07) is 9.16. The molecule has 0 spiro atoms. The average molecular weight is 246 g/mol. The molecule has 0 saturated heterocycles. The van der Waals surface area contributed by atoms with Gasteiger partial charge in [0.05, 0.1) is 22.4 Å². The van der Waals surface area contributed by atoms with Crippen molar-refractivity contribution in [1.82, 2.24) is 14.5 Å². The second kappa shape index (κ2) is 3.75. The Kier molecular flexibility index (Phi) is 2.23. The Morgan fingerprint density at radius 1 is 1.24 bits per heavy atom. The third-order valence-corrected chi connectivity index (χ3v) is 2.92. The van der Waals surface area contributed by atoms with E-state index in [2.05, 4.69) is 9.97 Å². The first-order chi connectivity index (χ1) is 8.27. The van der Waals surface area contributed by atoms with Crippen LogP contribution in [0, 0.1) is 0 Å². The molecule has 1 N–H and O–H groups in total. The van der Waals surface area contributed by atoms with Crippen molar-refractivity contribution in [2.75, 3.05) is 0 Å². The van der Waals surface area contributed by atoms with Crippen LogP contribution in [0.4, 0.5) is 0 Å². The van der Waals surface area contributed by atoms with E-state index in [1.54, 1.807) is 22.9 Å². The summed E-state index contributed by atoms with van der Waals surface area (Å²) in [7, 11) is 0. The van der Waals surface area contributed by atoms with Crippen LogP contribution in [0.3, 0.4) is 0 Å². The van der Waals surface area contributed by atoms with Gasteiger partial charge in [-0.05, 0) is 18.2 Å². The Bertz CT molecular complexity index is 745. The van der Waals surface area contributed by atoms with Crippen molar-refractivity contribution in [2.24, 2.45) is 0 Å². The zero-order valence-electron chi connectivity index (χ0n) is 8.72. The van der Waals surface area contributed by atoms with Gasteiger partial charge in [-0.1, -0.05) is 23.7 Å². The lowest BCUT2D eigenvalue weighted by molar-refractivity contribution is 1.07. The van der Waals surface area contributed by atoms with Gasteiger partial charge in [0.25, 0.3) is 5.56 Å². The number of rotatable bonds is 1. The summed E-state index contributed by atoms with van der Waals surface area (Å²) in [5.41, 5.74) is 1.25. The van der Waals surface area contributed by atoms with E-state index in [9.17, 15) is 4.79 Å². The number of hydrogen-bond acceptors (Lipinski definition) is 2. The lowest BCUT2D eigenvalue weighted by Gasteiger charge is -2.05. The Morgan fingerprint density at radius 2 is 2.06 bits per heavy atom. The number of fused-ring (bicyclic) bond motifs is 1. The number of H-pyrrole nitrogens is 1. The van der Waals surface area contributed by atoms with Crippen LogP contribution in [-0.4, -0.2) is 14.5 Å². The van der Waals surface area contributed by atoms with E-state index in [-0.39, 0.29) is 5.56 Å². The maximum atomic E-state index is 11.6. The highest BCUT2D eigenvalue weighted by Crippen LogP contribution is 2.22. The largest absolute Gasteiger partial charge is 0.313 e. The minimum Gasteiger partial charge on any atom is -0.313 e. The first-order valence-electron chi connectivity index (χ1n) is 5.07. The van der Waals surface area contributed by atoms with Gasteiger partial charge in [-0.3, -0.25) is 9.36 Å². The normalized spacial score (nSPS) is 10.9. The highest BCUT2D eigenvalue weighted by atomic mass is 35.5. The minimum atomic E-state index is -0.152. The van der Waals surface area contributed by atoms with Crippen molar-refractivity contribution in [3.63, 3.8) is 0 Å². The molecule has 3 aromatic rings. The van der Waals surface area contributed by atoms with E-state index >= 15 is 0 Å². The molecule has 4 nitrogen and oxygen atoms in total. The highest BCUT2D eigenvalue weighted by molar-refractivity contribution is 6.32. The number of halogens is 1. The predicted molar refractivity (Wildman–Crippen MR) is 66.7 cm³/mol. The fraction of sp³-hybridized carbons (Fsp3) is 0. The molecule has 1 aromatic carbocycles. The van der Waals surface area contributed by atoms with Gasteiger partial charge in [0.1, 0.15) is 0 Å². The van der Waals surface area contributed by atoms with Crippen molar-refractivity contribution in [1.29, 1.82) is 0 Å². The zero-order valence-corrected chi connectivity index (χ0v) is 9.48. The Balaban J connectivity index is 2.36. The van der Waals surface area contributed by atoms with Gasteiger partial charge < -0.3 is 4.98 Å². The number of para-hydroxylation sites is 1. The van der Waals surface area contributed by atoms with Gasteiger partial charge in [-0.15, -0.1) is 0 Å². The predicted octanol–water partition coefficient (Wildman–Crippen LogP) is 2.37. The summed E-state index contributed by atoms with van der Waals surface area (Å²) < 4.78 is 1.80. The second-order valence-electron chi connectivity index (χ2n) is 3.61. The van der Waals surface area contributed by atoms with E-state index in [1.165, 1.54) is 6.33 Å². The summed E-state index contributed by atoms with van der Waals surface area (Å²) >= 11 is 6.12. The van der Waals surface area contributed by atoms with Crippen LogP contribution in [0.5, 0.6) is 0 Å². The standard InChI is InChI=1S/C12H8ClN3O/c13-9-3-1-2-4-10(9)16-6-5-8-11(16)14-7-15-12(8)17/h1-7H,(H,14,15,17). The third kappa shape index (κ3) is 1.54. The molecule has 0 aliphatic carbocycles. The van der Waals surface area contributed by atoms with Gasteiger partial charge in [-0.25, -0.2) is 4.98 Å². The number of benzene rings is 1. The Labute approximate surface area is 101 Å². The lowest BCUT2D eigenvalue weighted by Crippen LogP contribution is -2.06. The quantitative estimate of drug-likeness (QED) is 0.716. The second-order valence-corrected chi connectivity index (χ2v) is 4.01. The maximum absolute atomic E-state index is 11.6. The van der Waals surface area contributed by atoms with Crippen LogP contribution < -0.4 is 5.56 Å². The molecule has 0 saturated carbocycles. The van der Waals surface area contributed by atoms with Crippen molar-refractivity contribution in [2.45, 2.75) is 0 Å². The maximum Gasteiger partial charge on any atom is 0.260 e. The molecule has 0 radical (unpaired) electrons. The van der Waals surface area contributed by atoms with Crippen LogP contribution in [0.15, 0.2) is 47.7 Å². The molecule has 84 valence electrons. The fourth-order valence-corrected chi connectivity index (χ4v) is 2.03. The van der Waals surface area contributed by atoms with Gasteiger partial charge in [-0.2, -0.15) is 0 Å². The summed E-state index contributed by atoms with van der Waals surface area (Å²) in [4.78, 5) is 18.3. The van der Waals surface area contributed by atoms with E-state index in [4.69, 9.17) is 11.6 Å². The van der Waals surface area contributed by atoms with Crippen molar-refractivity contribution in [3.05, 3.63) is 58.2 Å². The average Bonchev–Trinajstić information content (AvgIpc) is 2.75. The smallest absolute Gasteiger partial charge is 0.260 e. The van der Waals surface area contributed by atoms with Crippen molar-refractivity contribution >= 4 is 22.6 Å². The number of aromatic nitrogens is 3. The number of aromatic amines is 1. The molecule has 0 amide bonds. The summed E-state index contributed by atoms with van der Waals surface area (Å²) in [5.74, 6) is 0. The molecule has 17 heavy (non-hydrogen) atoms. The minimum absolute atomic E-state index is 0.152. The molecule has 5 heteroatoms. The van der Waals surface area contributed by atoms with E-state index in [0.717, 1.165) is 5.69 Å². The molecule has 0 aliphatic heterocycles. The first kappa shape index (κ1) is 10.1. The van der Waals surface area contributed by atoms with Crippen molar-refractivity contribution in [3.8, 4) is 5.69 Å². The molecule has 3 rings (SSSR count). The van der Waals surface area contributed by atoms with E-state index in [1.807, 2.05) is 18.2 Å². The summed E-state index contributed by atoms with van der Waals surface area (Å²) in [6.45, 7) is 0. The Hall–Kier alpha value is -2.07. The highest BCUT2D eigenvalue weighted by Gasteiger charge is 2.08.